The first-order valence-corrected chi connectivity index (χ1v) is 8.62. The van der Waals surface area contributed by atoms with E-state index in [0.29, 0.717) is 31.2 Å². The van der Waals surface area contributed by atoms with Crippen molar-refractivity contribution in [1.29, 1.82) is 0 Å². The minimum Gasteiger partial charge on any atom is -0.378 e. The van der Waals surface area contributed by atoms with Crippen molar-refractivity contribution in [3.05, 3.63) is 0 Å². The van der Waals surface area contributed by atoms with Crippen LogP contribution in [0.1, 0.15) is 26.2 Å². The first-order chi connectivity index (χ1) is 8.47. The lowest BCUT2D eigenvalue weighted by Gasteiger charge is -2.31. The Hall–Kier alpha value is -0.170. The second kappa shape index (κ2) is 5.86. The van der Waals surface area contributed by atoms with Gasteiger partial charge >= 0.3 is 0 Å². The van der Waals surface area contributed by atoms with Crippen molar-refractivity contribution in [2.45, 2.75) is 38.3 Å². The molecule has 0 radical (unpaired) electrons. The predicted molar refractivity (Wildman–Crippen MR) is 71.0 cm³/mol. The minimum absolute atomic E-state index is 0.355. The normalized spacial score (nSPS) is 31.9. The molecule has 0 aromatic heterocycles. The van der Waals surface area contributed by atoms with Crippen LogP contribution in [0.25, 0.3) is 0 Å². The van der Waals surface area contributed by atoms with Gasteiger partial charge in [0.05, 0.1) is 12.4 Å². The third kappa shape index (κ3) is 3.66. The summed E-state index contributed by atoms with van der Waals surface area (Å²) < 4.78 is 29.9. The summed E-state index contributed by atoms with van der Waals surface area (Å²) in [4.78, 5) is 0. The lowest BCUT2D eigenvalue weighted by Crippen LogP contribution is -2.45. The minimum atomic E-state index is -3.00. The number of ether oxygens (including phenoxy) is 1. The maximum absolute atomic E-state index is 11.4. The zero-order valence-electron chi connectivity index (χ0n) is 11.3. The van der Waals surface area contributed by atoms with Crippen LogP contribution in [0.15, 0.2) is 0 Å². The quantitative estimate of drug-likeness (QED) is 0.809. The van der Waals surface area contributed by atoms with Gasteiger partial charge in [0.1, 0.15) is 0 Å². The zero-order valence-corrected chi connectivity index (χ0v) is 12.1. The van der Waals surface area contributed by atoms with Crippen molar-refractivity contribution < 1.29 is 13.2 Å². The Labute approximate surface area is 110 Å². The van der Waals surface area contributed by atoms with Gasteiger partial charge in [-0.3, -0.25) is 0 Å². The van der Waals surface area contributed by atoms with E-state index in [1.807, 2.05) is 0 Å². The molecule has 5 nitrogen and oxygen atoms in total. The molecule has 2 atom stereocenters. The van der Waals surface area contributed by atoms with Gasteiger partial charge in [0.2, 0.25) is 10.0 Å². The summed E-state index contributed by atoms with van der Waals surface area (Å²) in [6.07, 6.45) is 4.60. The molecule has 0 amide bonds. The molecule has 2 fully saturated rings. The summed E-state index contributed by atoms with van der Waals surface area (Å²) in [6.45, 7) is 5.29. The van der Waals surface area contributed by atoms with Crippen molar-refractivity contribution in [2.24, 2.45) is 5.92 Å². The van der Waals surface area contributed by atoms with E-state index in [-0.39, 0.29) is 0 Å². The number of hydrogen-bond donors (Lipinski definition) is 1. The number of hydrogen-bond acceptors (Lipinski definition) is 4. The fourth-order valence-electron chi connectivity index (χ4n) is 2.75. The van der Waals surface area contributed by atoms with E-state index in [1.54, 1.807) is 4.31 Å². The topological polar surface area (TPSA) is 58.6 Å². The highest BCUT2D eigenvalue weighted by molar-refractivity contribution is 7.88. The summed E-state index contributed by atoms with van der Waals surface area (Å²) in [5, 5.41) is 3.56. The largest absolute Gasteiger partial charge is 0.378 e. The Kier molecular flexibility index (Phi) is 4.64. The molecule has 2 aliphatic heterocycles. The molecule has 0 aromatic carbocycles. The van der Waals surface area contributed by atoms with E-state index in [4.69, 9.17) is 4.74 Å². The van der Waals surface area contributed by atoms with Crippen molar-refractivity contribution >= 4 is 10.0 Å². The molecule has 0 saturated carbocycles. The van der Waals surface area contributed by atoms with E-state index < -0.39 is 10.0 Å². The van der Waals surface area contributed by atoms with Crippen LogP contribution in [0.3, 0.4) is 0 Å². The van der Waals surface area contributed by atoms with E-state index in [2.05, 4.69) is 12.2 Å². The van der Waals surface area contributed by atoms with Gasteiger partial charge in [0.25, 0.3) is 0 Å². The molecule has 0 bridgehead atoms. The Balaban J connectivity index is 1.71. The van der Waals surface area contributed by atoms with Gasteiger partial charge in [-0.1, -0.05) is 0 Å². The highest BCUT2D eigenvalue weighted by atomic mass is 32.2. The predicted octanol–water partition coefficient (Wildman–Crippen LogP) is 0.425. The second-order valence-electron chi connectivity index (χ2n) is 5.47. The Bertz CT molecular complexity index is 364. The van der Waals surface area contributed by atoms with Crippen LogP contribution in [0, 0.1) is 5.92 Å². The monoisotopic (exact) mass is 276 g/mol. The van der Waals surface area contributed by atoms with E-state index in [0.717, 1.165) is 32.4 Å². The summed E-state index contributed by atoms with van der Waals surface area (Å²) in [7, 11) is -3.00. The fraction of sp³-hybridized carbons (Fsp3) is 1.00. The lowest BCUT2D eigenvalue weighted by molar-refractivity contribution is 0.104. The fourth-order valence-corrected chi connectivity index (χ4v) is 3.63. The van der Waals surface area contributed by atoms with Crippen molar-refractivity contribution in [3.8, 4) is 0 Å². The third-order valence-electron chi connectivity index (χ3n) is 4.12. The molecular weight excluding hydrogens is 252 g/mol. The summed E-state index contributed by atoms with van der Waals surface area (Å²) >= 11 is 0. The van der Waals surface area contributed by atoms with Gasteiger partial charge < -0.3 is 10.1 Å². The summed E-state index contributed by atoms with van der Waals surface area (Å²) in [5.74, 6) is 0.609. The molecule has 0 spiro atoms. The number of nitrogens with one attached hydrogen (secondary N) is 1. The van der Waals surface area contributed by atoms with Crippen LogP contribution < -0.4 is 5.32 Å². The molecule has 2 heterocycles. The average molecular weight is 276 g/mol. The molecule has 0 aromatic rings. The molecule has 106 valence electrons. The van der Waals surface area contributed by atoms with Crippen LogP contribution in [0.4, 0.5) is 0 Å². The molecule has 0 aliphatic carbocycles. The van der Waals surface area contributed by atoms with Crippen LogP contribution in [-0.2, 0) is 14.8 Å². The first-order valence-electron chi connectivity index (χ1n) is 6.77. The number of sulfonamides is 1. The van der Waals surface area contributed by atoms with Gasteiger partial charge in [-0.15, -0.1) is 0 Å². The van der Waals surface area contributed by atoms with E-state index in [1.165, 1.54) is 6.26 Å². The number of piperidine rings is 1. The van der Waals surface area contributed by atoms with E-state index >= 15 is 0 Å². The van der Waals surface area contributed by atoms with Gasteiger partial charge in [0.15, 0.2) is 0 Å². The zero-order chi connectivity index (χ0) is 13.2. The van der Waals surface area contributed by atoms with Crippen LogP contribution >= 0.6 is 0 Å². The number of rotatable bonds is 4. The Morgan fingerprint density at radius 1 is 1.28 bits per heavy atom. The molecule has 2 saturated heterocycles. The average Bonchev–Trinajstić information content (AvgIpc) is 2.72. The van der Waals surface area contributed by atoms with Gasteiger partial charge in [-0.25, -0.2) is 12.7 Å². The van der Waals surface area contributed by atoms with Crippen LogP contribution in [0.2, 0.25) is 0 Å². The smallest absolute Gasteiger partial charge is 0.211 e. The number of nitrogens with zero attached hydrogens (tertiary/aromatic N) is 1. The summed E-state index contributed by atoms with van der Waals surface area (Å²) in [6, 6.07) is 0.454. The van der Waals surface area contributed by atoms with E-state index in [9.17, 15) is 8.42 Å². The standard InChI is InChI=1S/C12H24N2O3S/c1-10-11(5-8-17-10)9-13-12-3-6-14(7-4-12)18(2,15)16/h10-13H,3-9H2,1-2H3. The van der Waals surface area contributed by atoms with Crippen molar-refractivity contribution in [2.75, 3.05) is 32.5 Å². The van der Waals surface area contributed by atoms with Gasteiger partial charge in [0, 0.05) is 32.3 Å². The SMILES string of the molecule is CC1OCCC1CNC1CCN(S(C)(=O)=O)CC1. The van der Waals surface area contributed by atoms with Crippen molar-refractivity contribution in [3.63, 3.8) is 0 Å². The molecule has 2 aliphatic rings. The van der Waals surface area contributed by atoms with Gasteiger partial charge in [-0.05, 0) is 32.1 Å². The molecule has 2 unspecified atom stereocenters. The third-order valence-corrected chi connectivity index (χ3v) is 5.43. The Morgan fingerprint density at radius 3 is 2.44 bits per heavy atom. The van der Waals surface area contributed by atoms with Crippen molar-refractivity contribution in [1.82, 2.24) is 9.62 Å². The van der Waals surface area contributed by atoms with Crippen LogP contribution in [-0.4, -0.2) is 57.4 Å². The summed E-state index contributed by atoms with van der Waals surface area (Å²) in [5.41, 5.74) is 0. The lowest BCUT2D eigenvalue weighted by atomic mass is 10.0. The molecule has 1 N–H and O–H groups in total. The highest BCUT2D eigenvalue weighted by Gasteiger charge is 2.27. The molecule has 6 heteroatoms. The molecular formula is C12H24N2O3S. The Morgan fingerprint density at radius 2 is 1.94 bits per heavy atom. The van der Waals surface area contributed by atoms with Gasteiger partial charge in [-0.2, -0.15) is 0 Å². The highest BCUT2D eigenvalue weighted by Crippen LogP contribution is 2.20. The maximum Gasteiger partial charge on any atom is 0.211 e. The van der Waals surface area contributed by atoms with Crippen LogP contribution in [0.5, 0.6) is 0 Å². The molecule has 18 heavy (non-hydrogen) atoms. The molecule has 2 rings (SSSR count). The maximum atomic E-state index is 11.4. The first kappa shape index (κ1) is 14.2. The second-order valence-corrected chi connectivity index (χ2v) is 7.45.